The molecule has 0 atom stereocenters. The molecule has 0 aliphatic rings. The van der Waals surface area contributed by atoms with Crippen LogP contribution in [-0.2, 0) is 10.2 Å². The van der Waals surface area contributed by atoms with Gasteiger partial charge in [-0.05, 0) is 59.5 Å². The number of nitrogens with one attached hydrogen (secondary N) is 2. The molecule has 2 amide bonds. The number of rotatable bonds is 7. The highest BCUT2D eigenvalue weighted by Crippen LogP contribution is 2.25. The molecule has 0 fully saturated rings. The van der Waals surface area contributed by atoms with Crippen molar-refractivity contribution in [3.8, 4) is 11.5 Å². The number of para-hydroxylation sites is 2. The Balaban J connectivity index is 1.52. The minimum absolute atomic E-state index is 0.0616. The average molecular weight is 433 g/mol. The Hall–Kier alpha value is -3.80. The second-order valence-electron chi connectivity index (χ2n) is 8.34. The molecule has 0 heterocycles. The van der Waals surface area contributed by atoms with Crippen LogP contribution in [0.15, 0.2) is 72.8 Å². The summed E-state index contributed by atoms with van der Waals surface area (Å²) in [5.74, 6) is 0.667. The van der Waals surface area contributed by atoms with Gasteiger partial charge in [-0.25, -0.2) is 0 Å². The number of anilines is 2. The Bertz CT molecular complexity index is 1070. The van der Waals surface area contributed by atoms with Crippen molar-refractivity contribution < 1.29 is 19.1 Å². The second-order valence-corrected chi connectivity index (χ2v) is 8.34. The van der Waals surface area contributed by atoms with Crippen LogP contribution in [0.5, 0.6) is 11.5 Å². The van der Waals surface area contributed by atoms with Gasteiger partial charge in [0, 0.05) is 11.3 Å². The third-order valence-corrected chi connectivity index (χ3v) is 4.88. The van der Waals surface area contributed by atoms with Crippen molar-refractivity contribution >= 4 is 23.2 Å². The van der Waals surface area contributed by atoms with Crippen LogP contribution in [0.4, 0.5) is 11.4 Å². The number of hydrogen-bond donors (Lipinski definition) is 2. The van der Waals surface area contributed by atoms with Crippen LogP contribution in [0.1, 0.15) is 36.7 Å². The third-order valence-electron chi connectivity index (χ3n) is 4.88. The van der Waals surface area contributed by atoms with E-state index >= 15 is 0 Å². The van der Waals surface area contributed by atoms with E-state index in [0.29, 0.717) is 28.4 Å². The molecule has 6 heteroatoms. The monoisotopic (exact) mass is 432 g/mol. The zero-order chi connectivity index (χ0) is 23.1. The molecule has 0 aliphatic carbocycles. The summed E-state index contributed by atoms with van der Waals surface area (Å²) in [7, 11) is 1.55. The van der Waals surface area contributed by atoms with Gasteiger partial charge in [-0.15, -0.1) is 0 Å². The topological polar surface area (TPSA) is 76.7 Å². The number of ether oxygens (including phenoxy) is 2. The van der Waals surface area contributed by atoms with Crippen LogP contribution in [0, 0.1) is 0 Å². The van der Waals surface area contributed by atoms with E-state index in [9.17, 15) is 9.59 Å². The first-order valence-electron chi connectivity index (χ1n) is 10.3. The van der Waals surface area contributed by atoms with Gasteiger partial charge in [-0.2, -0.15) is 0 Å². The van der Waals surface area contributed by atoms with Gasteiger partial charge >= 0.3 is 0 Å². The van der Waals surface area contributed by atoms with E-state index in [2.05, 4.69) is 31.4 Å². The maximum atomic E-state index is 12.5. The summed E-state index contributed by atoms with van der Waals surface area (Å²) in [6.45, 7) is 6.32. The first-order valence-corrected chi connectivity index (χ1v) is 10.3. The summed E-state index contributed by atoms with van der Waals surface area (Å²) in [4.78, 5) is 24.7. The molecule has 0 saturated carbocycles. The highest BCUT2D eigenvalue weighted by molar-refractivity contribution is 6.05. The molecule has 0 bridgehead atoms. The fourth-order valence-corrected chi connectivity index (χ4v) is 3.04. The Kier molecular flexibility index (Phi) is 7.15. The quantitative estimate of drug-likeness (QED) is 0.534. The van der Waals surface area contributed by atoms with Gasteiger partial charge < -0.3 is 20.1 Å². The molecular formula is C26H28N2O4. The first kappa shape index (κ1) is 22.9. The van der Waals surface area contributed by atoms with Crippen molar-refractivity contribution in [1.82, 2.24) is 0 Å². The molecule has 3 aromatic carbocycles. The van der Waals surface area contributed by atoms with E-state index in [1.54, 1.807) is 43.5 Å². The summed E-state index contributed by atoms with van der Waals surface area (Å²) in [6, 6.07) is 21.6. The van der Waals surface area contributed by atoms with Gasteiger partial charge in [-0.3, -0.25) is 9.59 Å². The Morgan fingerprint density at radius 3 is 2.12 bits per heavy atom. The minimum Gasteiger partial charge on any atom is -0.495 e. The Morgan fingerprint density at radius 1 is 0.844 bits per heavy atom. The summed E-state index contributed by atoms with van der Waals surface area (Å²) in [5.41, 5.74) is 2.89. The van der Waals surface area contributed by atoms with Crippen LogP contribution in [0.2, 0.25) is 0 Å². The van der Waals surface area contributed by atoms with E-state index in [0.717, 1.165) is 0 Å². The zero-order valence-corrected chi connectivity index (χ0v) is 18.8. The normalized spacial score (nSPS) is 10.9. The van der Waals surface area contributed by atoms with Crippen LogP contribution in [-0.4, -0.2) is 25.5 Å². The van der Waals surface area contributed by atoms with Crippen molar-refractivity contribution in [1.29, 1.82) is 0 Å². The largest absolute Gasteiger partial charge is 0.495 e. The molecule has 2 N–H and O–H groups in total. The number of amides is 2. The van der Waals surface area contributed by atoms with Gasteiger partial charge in [0.05, 0.1) is 12.8 Å². The maximum Gasteiger partial charge on any atom is 0.262 e. The SMILES string of the molecule is COc1ccccc1NC(=O)c1ccc(NC(=O)COc2ccc(C(C)(C)C)cc2)cc1. The van der Waals surface area contributed by atoms with Crippen molar-refractivity contribution in [3.05, 3.63) is 83.9 Å². The van der Waals surface area contributed by atoms with Crippen LogP contribution < -0.4 is 20.1 Å². The van der Waals surface area contributed by atoms with E-state index in [1.165, 1.54) is 5.56 Å². The number of carbonyl (C=O) groups is 2. The molecule has 0 radical (unpaired) electrons. The number of carbonyl (C=O) groups excluding carboxylic acids is 2. The first-order chi connectivity index (χ1) is 15.3. The number of hydrogen-bond acceptors (Lipinski definition) is 4. The number of benzene rings is 3. The third kappa shape index (κ3) is 6.11. The van der Waals surface area contributed by atoms with Crippen molar-refractivity contribution in [3.63, 3.8) is 0 Å². The molecular weight excluding hydrogens is 404 g/mol. The lowest BCUT2D eigenvalue weighted by atomic mass is 9.87. The van der Waals surface area contributed by atoms with Crippen LogP contribution in [0.3, 0.4) is 0 Å². The predicted molar refractivity (Wildman–Crippen MR) is 127 cm³/mol. The molecule has 0 unspecified atom stereocenters. The van der Waals surface area contributed by atoms with Gasteiger partial charge in [0.1, 0.15) is 11.5 Å². The molecule has 0 aliphatic heterocycles. The van der Waals surface area contributed by atoms with Gasteiger partial charge in [-0.1, -0.05) is 45.0 Å². The number of methoxy groups -OCH3 is 1. The summed E-state index contributed by atoms with van der Waals surface area (Å²) in [6.07, 6.45) is 0. The zero-order valence-electron chi connectivity index (χ0n) is 18.8. The summed E-state index contributed by atoms with van der Waals surface area (Å²) in [5, 5.41) is 5.58. The van der Waals surface area contributed by atoms with Gasteiger partial charge in [0.25, 0.3) is 11.8 Å². The predicted octanol–water partition coefficient (Wildman–Crippen LogP) is 5.26. The summed E-state index contributed by atoms with van der Waals surface area (Å²) < 4.78 is 10.8. The fraction of sp³-hybridized carbons (Fsp3) is 0.231. The van der Waals surface area contributed by atoms with E-state index in [-0.39, 0.29) is 23.8 Å². The molecule has 0 saturated heterocycles. The van der Waals surface area contributed by atoms with Crippen molar-refractivity contribution in [2.75, 3.05) is 24.4 Å². The molecule has 0 aromatic heterocycles. The maximum absolute atomic E-state index is 12.5. The fourth-order valence-electron chi connectivity index (χ4n) is 3.04. The highest BCUT2D eigenvalue weighted by Gasteiger charge is 2.13. The second kappa shape index (κ2) is 10.0. The Labute approximate surface area is 188 Å². The lowest BCUT2D eigenvalue weighted by molar-refractivity contribution is -0.118. The van der Waals surface area contributed by atoms with Gasteiger partial charge in [0.15, 0.2) is 6.61 Å². The highest BCUT2D eigenvalue weighted by atomic mass is 16.5. The van der Waals surface area contributed by atoms with Crippen molar-refractivity contribution in [2.45, 2.75) is 26.2 Å². The smallest absolute Gasteiger partial charge is 0.262 e. The molecule has 3 aromatic rings. The minimum atomic E-state index is -0.281. The van der Waals surface area contributed by atoms with Crippen LogP contribution >= 0.6 is 0 Å². The molecule has 32 heavy (non-hydrogen) atoms. The molecule has 3 rings (SSSR count). The van der Waals surface area contributed by atoms with E-state index in [1.807, 2.05) is 36.4 Å². The molecule has 166 valence electrons. The standard InChI is InChI=1S/C26H28N2O4/c1-26(2,3)19-11-15-21(16-12-19)32-17-24(29)27-20-13-9-18(10-14-20)25(30)28-22-7-5-6-8-23(22)31-4/h5-16H,17H2,1-4H3,(H,27,29)(H,28,30). The van der Waals surface area contributed by atoms with E-state index < -0.39 is 0 Å². The average Bonchev–Trinajstić information content (AvgIpc) is 2.78. The van der Waals surface area contributed by atoms with Crippen LogP contribution in [0.25, 0.3) is 0 Å². The Morgan fingerprint density at radius 2 is 1.50 bits per heavy atom. The lowest BCUT2D eigenvalue weighted by Gasteiger charge is -2.19. The van der Waals surface area contributed by atoms with Crippen molar-refractivity contribution in [2.24, 2.45) is 0 Å². The lowest BCUT2D eigenvalue weighted by Crippen LogP contribution is -2.20. The van der Waals surface area contributed by atoms with Gasteiger partial charge in [0.2, 0.25) is 0 Å². The van der Waals surface area contributed by atoms with E-state index in [4.69, 9.17) is 9.47 Å². The summed E-state index contributed by atoms with van der Waals surface area (Å²) >= 11 is 0. The molecule has 6 nitrogen and oxygen atoms in total. The molecule has 0 spiro atoms.